The van der Waals surface area contributed by atoms with Crippen LogP contribution in [0.3, 0.4) is 0 Å². The Hall–Kier alpha value is -3.09. The SMILES string of the molecule is C[C@@H](OC(=O)CCC(=O)c1ccccc1)C(=O)Nc1ccc(F)cc1F. The fourth-order valence-corrected chi connectivity index (χ4v) is 2.12. The van der Waals surface area contributed by atoms with Crippen molar-refractivity contribution in [1.29, 1.82) is 0 Å². The number of anilines is 1. The monoisotopic (exact) mass is 361 g/mol. The summed E-state index contributed by atoms with van der Waals surface area (Å²) in [5.74, 6) is -3.42. The van der Waals surface area contributed by atoms with Crippen LogP contribution in [0.2, 0.25) is 0 Å². The lowest BCUT2D eigenvalue weighted by Gasteiger charge is -2.14. The average molecular weight is 361 g/mol. The van der Waals surface area contributed by atoms with Crippen LogP contribution in [0.25, 0.3) is 0 Å². The Morgan fingerprint density at radius 3 is 2.38 bits per heavy atom. The molecule has 0 spiro atoms. The topological polar surface area (TPSA) is 72.5 Å². The van der Waals surface area contributed by atoms with Crippen molar-refractivity contribution in [2.45, 2.75) is 25.9 Å². The van der Waals surface area contributed by atoms with Gasteiger partial charge in [-0.15, -0.1) is 0 Å². The number of ketones is 1. The Labute approximate surface area is 149 Å². The summed E-state index contributed by atoms with van der Waals surface area (Å²) in [5.41, 5.74) is 0.261. The lowest BCUT2D eigenvalue weighted by Crippen LogP contribution is -2.30. The minimum absolute atomic E-state index is 0.0518. The van der Waals surface area contributed by atoms with Gasteiger partial charge in [0.05, 0.1) is 12.1 Å². The molecule has 0 aliphatic rings. The summed E-state index contributed by atoms with van der Waals surface area (Å²) in [5, 5.41) is 2.21. The van der Waals surface area contributed by atoms with E-state index in [0.29, 0.717) is 11.6 Å². The van der Waals surface area contributed by atoms with Crippen LogP contribution in [0.4, 0.5) is 14.5 Å². The summed E-state index contributed by atoms with van der Waals surface area (Å²) in [6.07, 6.45) is -1.43. The highest BCUT2D eigenvalue weighted by Gasteiger charge is 2.20. The van der Waals surface area contributed by atoms with Crippen LogP contribution >= 0.6 is 0 Å². The van der Waals surface area contributed by atoms with Crippen LogP contribution in [0.1, 0.15) is 30.1 Å². The van der Waals surface area contributed by atoms with Crippen LogP contribution in [0.5, 0.6) is 0 Å². The Balaban J connectivity index is 1.82. The molecule has 0 saturated heterocycles. The van der Waals surface area contributed by atoms with E-state index in [2.05, 4.69) is 5.32 Å². The van der Waals surface area contributed by atoms with Gasteiger partial charge in [-0.2, -0.15) is 0 Å². The molecule has 0 bridgehead atoms. The number of carbonyl (C=O) groups is 3. The van der Waals surface area contributed by atoms with Gasteiger partial charge in [-0.25, -0.2) is 8.78 Å². The number of Topliss-reactive ketones (excluding diaryl/α,β-unsaturated/α-hetero) is 1. The highest BCUT2D eigenvalue weighted by Crippen LogP contribution is 2.15. The Bertz CT molecular complexity index is 808. The van der Waals surface area contributed by atoms with Gasteiger partial charge in [-0.3, -0.25) is 14.4 Å². The molecule has 1 N–H and O–H groups in total. The van der Waals surface area contributed by atoms with Crippen LogP contribution < -0.4 is 5.32 Å². The minimum Gasteiger partial charge on any atom is -0.453 e. The Kier molecular flexibility index (Phi) is 6.54. The van der Waals surface area contributed by atoms with Gasteiger partial charge in [-0.05, 0) is 19.1 Å². The molecule has 0 unspecified atom stereocenters. The molecule has 2 aromatic rings. The van der Waals surface area contributed by atoms with Gasteiger partial charge in [0, 0.05) is 18.1 Å². The molecular weight excluding hydrogens is 344 g/mol. The van der Waals surface area contributed by atoms with Gasteiger partial charge in [0.1, 0.15) is 11.6 Å². The third-order valence-corrected chi connectivity index (χ3v) is 3.52. The lowest BCUT2D eigenvalue weighted by atomic mass is 10.1. The van der Waals surface area contributed by atoms with Crippen LogP contribution in [-0.2, 0) is 14.3 Å². The fourth-order valence-electron chi connectivity index (χ4n) is 2.12. The van der Waals surface area contributed by atoms with E-state index < -0.39 is 29.6 Å². The maximum absolute atomic E-state index is 13.5. The van der Waals surface area contributed by atoms with Crippen molar-refractivity contribution in [3.63, 3.8) is 0 Å². The number of rotatable bonds is 7. The Morgan fingerprint density at radius 2 is 1.73 bits per heavy atom. The molecule has 0 radical (unpaired) electrons. The number of hydrogen-bond acceptors (Lipinski definition) is 4. The molecule has 0 fully saturated rings. The Morgan fingerprint density at radius 1 is 1.04 bits per heavy atom. The highest BCUT2D eigenvalue weighted by atomic mass is 19.1. The zero-order valence-electron chi connectivity index (χ0n) is 14.0. The molecular formula is C19H17F2NO4. The zero-order chi connectivity index (χ0) is 19.1. The van der Waals surface area contributed by atoms with Gasteiger partial charge < -0.3 is 10.1 Å². The third-order valence-electron chi connectivity index (χ3n) is 3.52. The maximum atomic E-state index is 13.5. The first kappa shape index (κ1) is 19.2. The predicted octanol–water partition coefficient (Wildman–Crippen LogP) is 3.50. The second-order valence-electron chi connectivity index (χ2n) is 5.53. The number of halogens is 2. The number of amides is 1. The molecule has 136 valence electrons. The van der Waals surface area contributed by atoms with Gasteiger partial charge in [0.15, 0.2) is 11.9 Å². The second-order valence-corrected chi connectivity index (χ2v) is 5.53. The number of nitrogens with one attached hydrogen (secondary N) is 1. The molecule has 7 heteroatoms. The van der Waals surface area contributed by atoms with E-state index in [4.69, 9.17) is 4.74 Å². The number of hydrogen-bond donors (Lipinski definition) is 1. The average Bonchev–Trinajstić information content (AvgIpc) is 2.62. The van der Waals surface area contributed by atoms with Gasteiger partial charge >= 0.3 is 5.97 Å². The summed E-state index contributed by atoms with van der Waals surface area (Å²) in [6, 6.07) is 11.2. The van der Waals surface area contributed by atoms with Crippen molar-refractivity contribution >= 4 is 23.3 Å². The van der Waals surface area contributed by atoms with Gasteiger partial charge in [-0.1, -0.05) is 30.3 Å². The molecule has 1 atom stereocenters. The van der Waals surface area contributed by atoms with Gasteiger partial charge in [0.25, 0.3) is 5.91 Å². The summed E-state index contributed by atoms with van der Waals surface area (Å²) in [7, 11) is 0. The maximum Gasteiger partial charge on any atom is 0.307 e. The summed E-state index contributed by atoms with van der Waals surface area (Å²) < 4.78 is 31.3. The molecule has 0 aliphatic heterocycles. The highest BCUT2D eigenvalue weighted by molar-refractivity contribution is 5.98. The fraction of sp³-hybridized carbons (Fsp3) is 0.211. The second kappa shape index (κ2) is 8.84. The third kappa shape index (κ3) is 5.47. The molecule has 0 aliphatic carbocycles. The molecule has 0 saturated carbocycles. The number of esters is 1. The molecule has 1 amide bonds. The van der Waals surface area contributed by atoms with E-state index in [1.165, 1.54) is 6.92 Å². The number of carbonyl (C=O) groups excluding carboxylic acids is 3. The van der Waals surface area contributed by atoms with E-state index in [1.807, 2.05) is 0 Å². The zero-order valence-corrected chi connectivity index (χ0v) is 14.0. The van der Waals surface area contributed by atoms with Crippen LogP contribution in [0, 0.1) is 11.6 Å². The molecule has 2 rings (SSSR count). The van der Waals surface area contributed by atoms with Crippen molar-refractivity contribution < 1.29 is 27.9 Å². The summed E-state index contributed by atoms with van der Waals surface area (Å²) in [6.45, 7) is 1.31. The molecule has 2 aromatic carbocycles. The van der Waals surface area contributed by atoms with Crippen molar-refractivity contribution in [3.05, 3.63) is 65.7 Å². The van der Waals surface area contributed by atoms with Crippen molar-refractivity contribution in [1.82, 2.24) is 0 Å². The molecule has 26 heavy (non-hydrogen) atoms. The van der Waals surface area contributed by atoms with E-state index in [0.717, 1.165) is 12.1 Å². The van der Waals surface area contributed by atoms with E-state index >= 15 is 0 Å². The number of ether oxygens (including phenoxy) is 1. The molecule has 5 nitrogen and oxygen atoms in total. The van der Waals surface area contributed by atoms with Crippen LogP contribution in [0.15, 0.2) is 48.5 Å². The molecule has 0 heterocycles. The summed E-state index contributed by atoms with van der Waals surface area (Å²) >= 11 is 0. The van der Waals surface area contributed by atoms with Crippen molar-refractivity contribution in [2.24, 2.45) is 0 Å². The largest absolute Gasteiger partial charge is 0.453 e. The molecule has 0 aromatic heterocycles. The minimum atomic E-state index is -1.20. The van der Waals surface area contributed by atoms with E-state index in [-0.39, 0.29) is 24.3 Å². The summed E-state index contributed by atoms with van der Waals surface area (Å²) in [4.78, 5) is 35.6. The quantitative estimate of drug-likeness (QED) is 0.605. The first-order chi connectivity index (χ1) is 12.4. The predicted molar refractivity (Wildman–Crippen MR) is 90.5 cm³/mol. The first-order valence-corrected chi connectivity index (χ1v) is 7.90. The lowest BCUT2D eigenvalue weighted by molar-refractivity contribution is -0.153. The first-order valence-electron chi connectivity index (χ1n) is 7.90. The van der Waals surface area contributed by atoms with E-state index in [9.17, 15) is 23.2 Å². The van der Waals surface area contributed by atoms with Gasteiger partial charge in [0.2, 0.25) is 0 Å². The smallest absolute Gasteiger partial charge is 0.307 e. The van der Waals surface area contributed by atoms with Crippen LogP contribution in [-0.4, -0.2) is 23.8 Å². The number of benzene rings is 2. The standard InChI is InChI=1S/C19H17F2NO4/c1-12(19(25)22-16-8-7-14(20)11-15(16)21)26-18(24)10-9-17(23)13-5-3-2-4-6-13/h2-8,11-12H,9-10H2,1H3,(H,22,25)/t12-/m1/s1. The van der Waals surface area contributed by atoms with Crippen molar-refractivity contribution in [2.75, 3.05) is 5.32 Å². The van der Waals surface area contributed by atoms with E-state index in [1.54, 1.807) is 30.3 Å². The van der Waals surface area contributed by atoms with Crippen molar-refractivity contribution in [3.8, 4) is 0 Å². The normalized spacial score (nSPS) is 11.5.